The Kier molecular flexibility index (Phi) is 6.98. The molecular weight excluding hydrogens is 364 g/mol. The summed E-state index contributed by atoms with van der Waals surface area (Å²) in [5, 5.41) is 2.80. The summed E-state index contributed by atoms with van der Waals surface area (Å²) in [5.74, 6) is 0.166. The fourth-order valence-electron chi connectivity index (χ4n) is 2.63. The zero-order valence-electron chi connectivity index (χ0n) is 16.1. The van der Waals surface area contributed by atoms with Gasteiger partial charge in [-0.1, -0.05) is 32.0 Å². The first kappa shape index (κ1) is 20.9. The molecule has 1 amide bonds. The maximum atomic E-state index is 12.7. The Balaban J connectivity index is 2.29. The van der Waals surface area contributed by atoms with Gasteiger partial charge in [-0.25, -0.2) is 8.42 Å². The summed E-state index contributed by atoms with van der Waals surface area (Å²) in [7, 11) is -3.63. The molecule has 146 valence electrons. The van der Waals surface area contributed by atoms with Crippen molar-refractivity contribution in [2.45, 2.75) is 38.7 Å². The summed E-state index contributed by atoms with van der Waals surface area (Å²) in [6.07, 6.45) is -0.0365. The number of sulfonamides is 1. The molecule has 7 heteroatoms. The lowest BCUT2D eigenvalue weighted by Crippen LogP contribution is -2.30. The van der Waals surface area contributed by atoms with Gasteiger partial charge in [0, 0.05) is 18.7 Å². The molecule has 0 saturated carbocycles. The topological polar surface area (TPSA) is 75.7 Å². The highest BCUT2D eigenvalue weighted by Crippen LogP contribution is 2.26. The van der Waals surface area contributed by atoms with Crippen LogP contribution >= 0.6 is 0 Å². The van der Waals surface area contributed by atoms with Crippen molar-refractivity contribution >= 4 is 21.6 Å². The number of benzene rings is 2. The average molecular weight is 391 g/mol. The van der Waals surface area contributed by atoms with Gasteiger partial charge in [-0.05, 0) is 44.2 Å². The molecule has 0 aliphatic rings. The first-order chi connectivity index (χ1) is 12.8. The average Bonchev–Trinajstić information content (AvgIpc) is 2.64. The van der Waals surface area contributed by atoms with Crippen molar-refractivity contribution in [3.05, 3.63) is 54.1 Å². The van der Waals surface area contributed by atoms with Crippen molar-refractivity contribution in [1.29, 1.82) is 0 Å². The summed E-state index contributed by atoms with van der Waals surface area (Å²) < 4.78 is 32.4. The van der Waals surface area contributed by atoms with E-state index in [4.69, 9.17) is 4.74 Å². The van der Waals surface area contributed by atoms with Crippen LogP contribution < -0.4 is 10.1 Å². The zero-order valence-corrected chi connectivity index (χ0v) is 16.9. The van der Waals surface area contributed by atoms with Crippen molar-refractivity contribution in [1.82, 2.24) is 4.31 Å². The van der Waals surface area contributed by atoms with E-state index in [9.17, 15) is 13.2 Å². The number of ether oxygens (including phenoxy) is 1. The van der Waals surface area contributed by atoms with Crippen LogP contribution in [-0.2, 0) is 10.0 Å². The minimum Gasteiger partial charge on any atom is -0.489 e. The van der Waals surface area contributed by atoms with Gasteiger partial charge < -0.3 is 10.1 Å². The summed E-state index contributed by atoms with van der Waals surface area (Å²) in [5.41, 5.74) is 0.802. The largest absolute Gasteiger partial charge is 0.489 e. The number of amides is 1. The van der Waals surface area contributed by atoms with E-state index < -0.39 is 15.9 Å². The summed E-state index contributed by atoms with van der Waals surface area (Å²) in [6.45, 7) is 8.11. The number of carbonyl (C=O) groups is 1. The predicted molar refractivity (Wildman–Crippen MR) is 107 cm³/mol. The molecule has 2 rings (SSSR count). The van der Waals surface area contributed by atoms with E-state index in [1.165, 1.54) is 16.4 Å². The standard InChI is InChI=1S/C20H26N2O4S/c1-5-22(6-2)27(24,25)17-11-9-10-16(14-17)20(23)21-18-12-7-8-13-19(18)26-15(3)4/h7-15H,5-6H2,1-4H3,(H,21,23). The maximum absolute atomic E-state index is 12.7. The maximum Gasteiger partial charge on any atom is 0.255 e. The Morgan fingerprint density at radius 1 is 1.07 bits per heavy atom. The molecule has 2 aromatic carbocycles. The molecule has 6 nitrogen and oxygen atoms in total. The van der Waals surface area contributed by atoms with Gasteiger partial charge in [-0.2, -0.15) is 4.31 Å². The van der Waals surface area contributed by atoms with Crippen LogP contribution in [-0.4, -0.2) is 37.8 Å². The van der Waals surface area contributed by atoms with Gasteiger partial charge in [0.1, 0.15) is 5.75 Å². The summed E-state index contributed by atoms with van der Waals surface area (Å²) in [4.78, 5) is 12.8. The van der Waals surface area contributed by atoms with Crippen molar-refractivity contribution in [3.63, 3.8) is 0 Å². The van der Waals surface area contributed by atoms with Crippen molar-refractivity contribution < 1.29 is 17.9 Å². The number of para-hydroxylation sites is 2. The fraction of sp³-hybridized carbons (Fsp3) is 0.350. The van der Waals surface area contributed by atoms with Crippen LogP contribution in [0.3, 0.4) is 0 Å². The van der Waals surface area contributed by atoms with Crippen LogP contribution in [0.15, 0.2) is 53.4 Å². The minimum atomic E-state index is -3.63. The van der Waals surface area contributed by atoms with Gasteiger partial charge in [-0.15, -0.1) is 0 Å². The lowest BCUT2D eigenvalue weighted by molar-refractivity contribution is 0.102. The second-order valence-corrected chi connectivity index (χ2v) is 8.17. The van der Waals surface area contributed by atoms with Gasteiger partial charge >= 0.3 is 0 Å². The number of hydrogen-bond acceptors (Lipinski definition) is 4. The molecule has 27 heavy (non-hydrogen) atoms. The van der Waals surface area contributed by atoms with Crippen molar-refractivity contribution in [2.24, 2.45) is 0 Å². The van der Waals surface area contributed by atoms with E-state index in [-0.39, 0.29) is 16.6 Å². The normalized spacial score (nSPS) is 11.6. The number of hydrogen-bond donors (Lipinski definition) is 1. The van der Waals surface area contributed by atoms with Gasteiger partial charge in [0.2, 0.25) is 10.0 Å². The molecule has 0 aliphatic carbocycles. The van der Waals surface area contributed by atoms with Crippen LogP contribution in [0.4, 0.5) is 5.69 Å². The molecule has 0 saturated heterocycles. The Morgan fingerprint density at radius 3 is 2.37 bits per heavy atom. The molecular formula is C20H26N2O4S. The quantitative estimate of drug-likeness (QED) is 0.745. The van der Waals surface area contributed by atoms with E-state index in [0.717, 1.165) is 0 Å². The predicted octanol–water partition coefficient (Wildman–Crippen LogP) is 3.76. The molecule has 0 radical (unpaired) electrons. The molecule has 0 heterocycles. The van der Waals surface area contributed by atoms with Crippen molar-refractivity contribution in [2.75, 3.05) is 18.4 Å². The van der Waals surface area contributed by atoms with E-state index in [2.05, 4.69) is 5.32 Å². The Hall–Kier alpha value is -2.38. The monoisotopic (exact) mass is 390 g/mol. The zero-order chi connectivity index (χ0) is 20.0. The highest BCUT2D eigenvalue weighted by molar-refractivity contribution is 7.89. The number of carbonyl (C=O) groups excluding carboxylic acids is 1. The number of nitrogens with one attached hydrogen (secondary N) is 1. The smallest absolute Gasteiger partial charge is 0.255 e. The molecule has 0 bridgehead atoms. The van der Waals surface area contributed by atoms with Gasteiger partial charge in [0.05, 0.1) is 16.7 Å². The first-order valence-corrected chi connectivity index (χ1v) is 10.4. The fourth-order valence-corrected chi connectivity index (χ4v) is 4.14. The Labute approximate surface area is 161 Å². The lowest BCUT2D eigenvalue weighted by Gasteiger charge is -2.19. The second kappa shape index (κ2) is 9.01. The number of rotatable bonds is 8. The van der Waals surface area contributed by atoms with Gasteiger partial charge in [0.15, 0.2) is 0 Å². The highest BCUT2D eigenvalue weighted by Gasteiger charge is 2.22. The SMILES string of the molecule is CCN(CC)S(=O)(=O)c1cccc(C(=O)Nc2ccccc2OC(C)C)c1. The second-order valence-electron chi connectivity index (χ2n) is 6.23. The lowest BCUT2D eigenvalue weighted by atomic mass is 10.2. The van der Waals surface area contributed by atoms with Crippen LogP contribution in [0.2, 0.25) is 0 Å². The van der Waals surface area contributed by atoms with Gasteiger partial charge in [0.25, 0.3) is 5.91 Å². The van der Waals surface area contributed by atoms with E-state index >= 15 is 0 Å². The van der Waals surface area contributed by atoms with Crippen LogP contribution in [0.25, 0.3) is 0 Å². The third-order valence-corrected chi connectivity index (χ3v) is 5.98. The Morgan fingerprint density at radius 2 is 1.74 bits per heavy atom. The molecule has 0 aliphatic heterocycles. The van der Waals surface area contributed by atoms with Crippen LogP contribution in [0.5, 0.6) is 5.75 Å². The molecule has 0 atom stereocenters. The molecule has 0 fully saturated rings. The van der Waals surface area contributed by atoms with Crippen LogP contribution in [0.1, 0.15) is 38.1 Å². The molecule has 0 aromatic heterocycles. The molecule has 1 N–H and O–H groups in total. The third-order valence-electron chi connectivity index (χ3n) is 3.94. The van der Waals surface area contributed by atoms with E-state index in [1.807, 2.05) is 19.9 Å². The molecule has 0 spiro atoms. The van der Waals surface area contributed by atoms with E-state index in [0.29, 0.717) is 24.5 Å². The Bertz CT molecular complexity index is 890. The highest BCUT2D eigenvalue weighted by atomic mass is 32.2. The number of nitrogens with zero attached hydrogens (tertiary/aromatic N) is 1. The molecule has 0 unspecified atom stereocenters. The molecule has 2 aromatic rings. The number of anilines is 1. The van der Waals surface area contributed by atoms with E-state index in [1.54, 1.807) is 44.2 Å². The van der Waals surface area contributed by atoms with Crippen molar-refractivity contribution in [3.8, 4) is 5.75 Å². The third kappa shape index (κ3) is 5.08. The minimum absolute atomic E-state index is 0.0365. The summed E-state index contributed by atoms with van der Waals surface area (Å²) in [6, 6.07) is 13.2. The van der Waals surface area contributed by atoms with Crippen LogP contribution in [0, 0.1) is 0 Å². The van der Waals surface area contributed by atoms with Gasteiger partial charge in [-0.3, -0.25) is 4.79 Å². The first-order valence-electron chi connectivity index (χ1n) is 8.96. The summed E-state index contributed by atoms with van der Waals surface area (Å²) >= 11 is 0.